The standard InChI is InChI=1S/C40H49ClN10O4/c1-24-20-33(50-15-12-35(53)45-40(50)55)31(41)21-32(24)49-18-16-48(17-19-49)27-10-13-47(14-11-27)29-8-9-34(42-22-29)44-39-43-23-30-25(2)36(26(3)52)38(54)51(37(30)46-39)28-6-4-5-7-28/h8-9,20-23,27-28,38,54H,4-7,10-19H2,1-3H3,(H,45,53,55)(H,42,43,44,46). The van der Waals surface area contributed by atoms with Gasteiger partial charge in [-0.25, -0.2) is 14.8 Å². The molecule has 3 saturated heterocycles. The van der Waals surface area contributed by atoms with E-state index < -0.39 is 12.3 Å². The van der Waals surface area contributed by atoms with Gasteiger partial charge in [-0.3, -0.25) is 24.7 Å². The Morgan fingerprint density at radius 3 is 2.31 bits per heavy atom. The summed E-state index contributed by atoms with van der Waals surface area (Å²) in [6.45, 7) is 11.4. The fourth-order valence-electron chi connectivity index (χ4n) is 9.07. The van der Waals surface area contributed by atoms with Crippen LogP contribution >= 0.6 is 11.6 Å². The second-order valence-electron chi connectivity index (χ2n) is 15.4. The minimum absolute atomic E-state index is 0.116. The van der Waals surface area contributed by atoms with E-state index in [4.69, 9.17) is 21.6 Å². The number of carbonyl (C=O) groups is 3. The number of fused-ring (bicyclic) bond motifs is 1. The first-order chi connectivity index (χ1) is 26.5. The molecule has 8 rings (SSSR count). The van der Waals surface area contributed by atoms with Crippen LogP contribution in [0.3, 0.4) is 0 Å². The van der Waals surface area contributed by atoms with E-state index in [1.54, 1.807) is 11.1 Å². The molecular formula is C40H49ClN10O4. The summed E-state index contributed by atoms with van der Waals surface area (Å²) in [5, 5.41) is 17.5. The molecule has 4 aliphatic heterocycles. The predicted molar refractivity (Wildman–Crippen MR) is 214 cm³/mol. The zero-order valence-corrected chi connectivity index (χ0v) is 32.5. The summed E-state index contributed by atoms with van der Waals surface area (Å²) >= 11 is 6.70. The quantitative estimate of drug-likeness (QED) is 0.275. The minimum Gasteiger partial charge on any atom is -0.370 e. The van der Waals surface area contributed by atoms with Crippen molar-refractivity contribution in [3.05, 3.63) is 58.4 Å². The van der Waals surface area contributed by atoms with Crippen LogP contribution in [0.1, 0.15) is 69.9 Å². The summed E-state index contributed by atoms with van der Waals surface area (Å²) in [4.78, 5) is 61.6. The molecule has 2 aromatic heterocycles. The Bertz CT molecular complexity index is 2000. The highest BCUT2D eigenvalue weighted by atomic mass is 35.5. The fraction of sp³-hybridized carbons (Fsp3) is 0.500. The number of rotatable bonds is 8. The highest BCUT2D eigenvalue weighted by Crippen LogP contribution is 2.41. The third-order valence-electron chi connectivity index (χ3n) is 12.0. The molecule has 55 heavy (non-hydrogen) atoms. The molecule has 1 unspecified atom stereocenters. The third kappa shape index (κ3) is 7.34. The van der Waals surface area contributed by atoms with Gasteiger partial charge in [0.25, 0.3) is 0 Å². The smallest absolute Gasteiger partial charge is 0.328 e. The molecule has 14 nitrogen and oxygen atoms in total. The molecule has 290 valence electrons. The summed E-state index contributed by atoms with van der Waals surface area (Å²) in [7, 11) is 0. The molecule has 0 radical (unpaired) electrons. The van der Waals surface area contributed by atoms with Crippen molar-refractivity contribution in [1.29, 1.82) is 0 Å². The molecule has 15 heteroatoms. The number of anilines is 6. The number of aliphatic hydroxyl groups excluding tert-OH is 1. The number of ketones is 1. The summed E-state index contributed by atoms with van der Waals surface area (Å²) in [5.74, 6) is 1.29. The minimum atomic E-state index is -1.03. The van der Waals surface area contributed by atoms with Crippen molar-refractivity contribution < 1.29 is 19.5 Å². The summed E-state index contributed by atoms with van der Waals surface area (Å²) < 4.78 is 0. The van der Waals surface area contributed by atoms with E-state index in [0.29, 0.717) is 46.5 Å². The average Bonchev–Trinajstić information content (AvgIpc) is 3.71. The molecule has 5 aliphatic rings. The first-order valence-corrected chi connectivity index (χ1v) is 19.9. The molecule has 3 amide bonds. The maximum Gasteiger partial charge on any atom is 0.328 e. The van der Waals surface area contributed by atoms with E-state index in [0.717, 1.165) is 106 Å². The number of piperidine rings is 1. The van der Waals surface area contributed by atoms with E-state index in [2.05, 4.69) is 36.4 Å². The van der Waals surface area contributed by atoms with Gasteiger partial charge in [-0.05, 0) is 81.9 Å². The third-order valence-corrected chi connectivity index (χ3v) is 12.3. The number of halogens is 1. The van der Waals surface area contributed by atoms with Crippen molar-refractivity contribution in [1.82, 2.24) is 25.2 Å². The van der Waals surface area contributed by atoms with E-state index >= 15 is 0 Å². The molecule has 0 bridgehead atoms. The Balaban J connectivity index is 0.856. The number of aliphatic hydroxyl groups is 1. The summed E-state index contributed by atoms with van der Waals surface area (Å²) in [5.41, 5.74) is 5.77. The molecule has 1 saturated carbocycles. The molecule has 6 heterocycles. The monoisotopic (exact) mass is 768 g/mol. The zero-order chi connectivity index (χ0) is 38.4. The number of allylic oxidation sites excluding steroid dienone is 1. The number of piperazine rings is 1. The lowest BCUT2D eigenvalue weighted by molar-refractivity contribution is -0.120. The molecule has 1 aromatic carbocycles. The topological polar surface area (TPSA) is 150 Å². The number of urea groups is 1. The fourth-order valence-corrected chi connectivity index (χ4v) is 9.32. The van der Waals surface area contributed by atoms with Crippen molar-refractivity contribution in [3.8, 4) is 0 Å². The Morgan fingerprint density at radius 2 is 1.64 bits per heavy atom. The van der Waals surface area contributed by atoms with E-state index in [-0.39, 0.29) is 24.2 Å². The van der Waals surface area contributed by atoms with Gasteiger partial charge < -0.3 is 25.1 Å². The van der Waals surface area contributed by atoms with Gasteiger partial charge in [0.15, 0.2) is 12.0 Å². The van der Waals surface area contributed by atoms with Gasteiger partial charge in [0.2, 0.25) is 11.9 Å². The molecule has 3 aromatic rings. The molecule has 1 aliphatic carbocycles. The number of pyridine rings is 1. The first-order valence-electron chi connectivity index (χ1n) is 19.5. The van der Waals surface area contributed by atoms with Crippen LogP contribution in [0.25, 0.3) is 5.57 Å². The van der Waals surface area contributed by atoms with Crippen molar-refractivity contribution >= 4 is 69.5 Å². The Morgan fingerprint density at radius 1 is 0.891 bits per heavy atom. The lowest BCUT2D eigenvalue weighted by Gasteiger charge is -2.44. The van der Waals surface area contributed by atoms with Crippen molar-refractivity contribution in [3.63, 3.8) is 0 Å². The molecule has 1 atom stereocenters. The van der Waals surface area contributed by atoms with Crippen LogP contribution in [0, 0.1) is 6.92 Å². The number of aryl methyl sites for hydroxylation is 1. The number of carbonyl (C=O) groups excluding carboxylic acids is 3. The van der Waals surface area contributed by atoms with Crippen molar-refractivity contribution in [2.75, 3.05) is 70.7 Å². The lowest BCUT2D eigenvalue weighted by Crippen LogP contribution is -2.53. The van der Waals surface area contributed by atoms with Crippen molar-refractivity contribution in [2.45, 2.75) is 84.0 Å². The summed E-state index contributed by atoms with van der Waals surface area (Å²) in [6, 6.07) is 8.16. The number of aromatic nitrogens is 3. The van der Waals surface area contributed by atoms with E-state index in [9.17, 15) is 19.5 Å². The number of benzene rings is 1. The number of amides is 3. The van der Waals surface area contributed by atoms with Gasteiger partial charge in [-0.1, -0.05) is 24.4 Å². The number of nitrogens with zero attached hydrogens (tertiary/aromatic N) is 8. The second-order valence-corrected chi connectivity index (χ2v) is 15.8. The number of nitrogens with one attached hydrogen (secondary N) is 2. The van der Waals surface area contributed by atoms with Gasteiger partial charge in [-0.2, -0.15) is 4.98 Å². The van der Waals surface area contributed by atoms with E-state index in [1.165, 1.54) is 6.92 Å². The largest absolute Gasteiger partial charge is 0.370 e. The lowest BCUT2D eigenvalue weighted by atomic mass is 9.93. The van der Waals surface area contributed by atoms with Gasteiger partial charge in [-0.15, -0.1) is 0 Å². The number of hydrogen-bond donors (Lipinski definition) is 3. The highest BCUT2D eigenvalue weighted by Gasteiger charge is 2.39. The normalized spacial score (nSPS) is 21.7. The molecule has 0 spiro atoms. The Hall–Kier alpha value is -4.79. The van der Waals surface area contributed by atoms with Gasteiger partial charge in [0.1, 0.15) is 11.6 Å². The van der Waals surface area contributed by atoms with E-state index in [1.807, 2.05) is 43.1 Å². The van der Waals surface area contributed by atoms with Gasteiger partial charge in [0, 0.05) is 87.3 Å². The maximum atomic E-state index is 12.5. The number of imide groups is 1. The molecule has 3 N–H and O–H groups in total. The van der Waals surface area contributed by atoms with Gasteiger partial charge in [0.05, 0.1) is 22.6 Å². The zero-order valence-electron chi connectivity index (χ0n) is 31.7. The number of hydrogen-bond acceptors (Lipinski definition) is 12. The van der Waals surface area contributed by atoms with Crippen LogP contribution in [0.15, 0.2) is 42.2 Å². The Kier molecular flexibility index (Phi) is 10.4. The first kappa shape index (κ1) is 37.1. The number of Topliss-reactive ketones (excluding diaryl/α,β-unsaturated/α-hetero) is 1. The SMILES string of the molecule is CC(=O)C1=C(C)c2cnc(Nc3ccc(N4CCC(N5CCN(c6cc(Cl)c(N7CCC(=O)NC7=O)cc6C)CC5)CC4)cn3)nc2N(C2CCCC2)C1O. The predicted octanol–water partition coefficient (Wildman–Crippen LogP) is 5.26. The summed E-state index contributed by atoms with van der Waals surface area (Å²) in [6.07, 6.45) is 9.10. The van der Waals surface area contributed by atoms with Crippen LogP contribution in [0.4, 0.5) is 39.4 Å². The van der Waals surface area contributed by atoms with Crippen LogP contribution in [0.5, 0.6) is 0 Å². The second kappa shape index (κ2) is 15.4. The highest BCUT2D eigenvalue weighted by molar-refractivity contribution is 6.34. The molecule has 4 fully saturated rings. The van der Waals surface area contributed by atoms with Crippen LogP contribution < -0.4 is 30.2 Å². The van der Waals surface area contributed by atoms with Gasteiger partial charge >= 0.3 is 6.03 Å². The van der Waals surface area contributed by atoms with Crippen LogP contribution in [-0.4, -0.2) is 107 Å². The average molecular weight is 769 g/mol. The van der Waals surface area contributed by atoms with Crippen LogP contribution in [0.2, 0.25) is 5.02 Å². The van der Waals surface area contributed by atoms with Crippen molar-refractivity contribution in [2.24, 2.45) is 0 Å². The molecular weight excluding hydrogens is 720 g/mol. The maximum absolute atomic E-state index is 12.5. The van der Waals surface area contributed by atoms with Crippen LogP contribution in [-0.2, 0) is 9.59 Å². The Labute approximate surface area is 326 Å².